The van der Waals surface area contributed by atoms with Crippen molar-refractivity contribution in [1.82, 2.24) is 4.31 Å². The van der Waals surface area contributed by atoms with E-state index in [9.17, 15) is 8.42 Å². The van der Waals surface area contributed by atoms with Crippen LogP contribution in [0.4, 0.5) is 0 Å². The Morgan fingerprint density at radius 1 is 1.35 bits per heavy atom. The molecule has 1 atom stereocenters. The molecule has 2 rings (SSSR count). The Morgan fingerprint density at radius 3 is 2.80 bits per heavy atom. The molecule has 0 bridgehead atoms. The Labute approximate surface area is 126 Å². The Kier molecular flexibility index (Phi) is 5.52. The first kappa shape index (κ1) is 15.9. The van der Waals surface area contributed by atoms with Crippen molar-refractivity contribution in [2.75, 3.05) is 13.1 Å². The number of hydrogen-bond acceptors (Lipinski definition) is 3. The van der Waals surface area contributed by atoms with E-state index >= 15 is 0 Å². The number of nitrogens with zero attached hydrogens (tertiary/aromatic N) is 1. The lowest BCUT2D eigenvalue weighted by atomic mass is 9.96. The standard InChI is InChI=1S/C14H22ClNO3S/c1-2-4-12-5-3-9-16(10-8-12)20(17,18)14-7-6-13(11-15)19-14/h6-7,12H,2-5,8-11H2,1H3. The van der Waals surface area contributed by atoms with Crippen molar-refractivity contribution in [3.63, 3.8) is 0 Å². The van der Waals surface area contributed by atoms with Crippen molar-refractivity contribution in [2.24, 2.45) is 5.92 Å². The number of alkyl halides is 1. The van der Waals surface area contributed by atoms with Crippen molar-refractivity contribution >= 4 is 21.6 Å². The summed E-state index contributed by atoms with van der Waals surface area (Å²) < 4.78 is 31.9. The molecule has 0 spiro atoms. The number of rotatable bonds is 5. The van der Waals surface area contributed by atoms with Crippen LogP contribution >= 0.6 is 11.6 Å². The van der Waals surface area contributed by atoms with E-state index in [4.69, 9.17) is 16.0 Å². The molecule has 1 saturated heterocycles. The first-order chi connectivity index (χ1) is 9.57. The van der Waals surface area contributed by atoms with Gasteiger partial charge in [0.05, 0.1) is 5.88 Å². The molecule has 6 heteroatoms. The SMILES string of the molecule is CCCC1CCCN(S(=O)(=O)c2ccc(CCl)o2)CC1. The van der Waals surface area contributed by atoms with Gasteiger partial charge in [0.15, 0.2) is 0 Å². The monoisotopic (exact) mass is 319 g/mol. The highest BCUT2D eigenvalue weighted by Crippen LogP contribution is 2.26. The predicted molar refractivity (Wildman–Crippen MR) is 79.3 cm³/mol. The second-order valence-corrected chi connectivity index (χ2v) is 7.48. The first-order valence-electron chi connectivity index (χ1n) is 7.22. The van der Waals surface area contributed by atoms with Crippen LogP contribution in [0.1, 0.15) is 44.8 Å². The summed E-state index contributed by atoms with van der Waals surface area (Å²) in [5.41, 5.74) is 0. The van der Waals surface area contributed by atoms with Gasteiger partial charge in [-0.2, -0.15) is 4.31 Å². The predicted octanol–water partition coefficient (Wildman–Crippen LogP) is 3.61. The van der Waals surface area contributed by atoms with Crippen LogP contribution < -0.4 is 0 Å². The van der Waals surface area contributed by atoms with Gasteiger partial charge in [0, 0.05) is 13.1 Å². The van der Waals surface area contributed by atoms with E-state index in [0.717, 1.165) is 25.7 Å². The Balaban J connectivity index is 2.09. The molecule has 1 aromatic rings. The molecule has 1 unspecified atom stereocenters. The molecule has 0 amide bonds. The third-order valence-electron chi connectivity index (χ3n) is 3.87. The van der Waals surface area contributed by atoms with E-state index < -0.39 is 10.0 Å². The van der Waals surface area contributed by atoms with Crippen molar-refractivity contribution in [3.8, 4) is 0 Å². The van der Waals surface area contributed by atoms with Crippen molar-refractivity contribution in [1.29, 1.82) is 0 Å². The average molecular weight is 320 g/mol. The van der Waals surface area contributed by atoms with Crippen molar-refractivity contribution in [2.45, 2.75) is 50.0 Å². The maximum Gasteiger partial charge on any atom is 0.276 e. The fourth-order valence-corrected chi connectivity index (χ4v) is 4.34. The van der Waals surface area contributed by atoms with E-state index in [-0.39, 0.29) is 11.0 Å². The summed E-state index contributed by atoms with van der Waals surface area (Å²) in [6.07, 6.45) is 5.33. The zero-order chi connectivity index (χ0) is 14.6. The topological polar surface area (TPSA) is 50.5 Å². The minimum Gasteiger partial charge on any atom is -0.447 e. The van der Waals surface area contributed by atoms with Crippen LogP contribution in [0, 0.1) is 5.92 Å². The normalized spacial score (nSPS) is 21.8. The number of sulfonamides is 1. The van der Waals surface area contributed by atoms with Crippen LogP contribution in [0.5, 0.6) is 0 Å². The van der Waals surface area contributed by atoms with Gasteiger partial charge in [-0.1, -0.05) is 19.8 Å². The van der Waals surface area contributed by atoms with Gasteiger partial charge in [-0.05, 0) is 37.3 Å². The highest BCUT2D eigenvalue weighted by Gasteiger charge is 2.29. The van der Waals surface area contributed by atoms with Gasteiger partial charge >= 0.3 is 0 Å². The lowest BCUT2D eigenvalue weighted by Gasteiger charge is -2.18. The second-order valence-electron chi connectivity index (χ2n) is 5.34. The Bertz CT molecular complexity index is 526. The minimum atomic E-state index is -3.50. The maximum atomic E-state index is 12.5. The summed E-state index contributed by atoms with van der Waals surface area (Å²) in [6, 6.07) is 3.12. The molecule has 0 aliphatic carbocycles. The van der Waals surface area contributed by atoms with Crippen LogP contribution in [-0.4, -0.2) is 25.8 Å². The number of furan rings is 1. The third kappa shape index (κ3) is 3.57. The van der Waals surface area contributed by atoms with Gasteiger partial charge in [0.1, 0.15) is 5.76 Å². The first-order valence-corrected chi connectivity index (χ1v) is 9.20. The average Bonchev–Trinajstić information content (AvgIpc) is 2.80. The van der Waals surface area contributed by atoms with Crippen LogP contribution in [0.3, 0.4) is 0 Å². The van der Waals surface area contributed by atoms with Crippen molar-refractivity contribution in [3.05, 3.63) is 17.9 Å². The van der Waals surface area contributed by atoms with E-state index in [1.807, 2.05) is 0 Å². The van der Waals surface area contributed by atoms with Gasteiger partial charge in [-0.3, -0.25) is 0 Å². The molecule has 0 N–H and O–H groups in total. The summed E-state index contributed by atoms with van der Waals surface area (Å²) in [6.45, 7) is 3.35. The molecule has 1 fully saturated rings. The van der Waals surface area contributed by atoms with E-state index in [0.29, 0.717) is 24.8 Å². The summed E-state index contributed by atoms with van der Waals surface area (Å²) in [5, 5.41) is 0.0158. The minimum absolute atomic E-state index is 0.0158. The highest BCUT2D eigenvalue weighted by molar-refractivity contribution is 7.89. The zero-order valence-corrected chi connectivity index (χ0v) is 13.4. The smallest absolute Gasteiger partial charge is 0.276 e. The van der Waals surface area contributed by atoms with Crippen LogP contribution in [0.25, 0.3) is 0 Å². The molecular formula is C14H22ClNO3S. The number of hydrogen-bond donors (Lipinski definition) is 0. The van der Waals surface area contributed by atoms with Gasteiger partial charge in [-0.15, -0.1) is 11.6 Å². The highest BCUT2D eigenvalue weighted by atomic mass is 35.5. The van der Waals surface area contributed by atoms with Gasteiger partial charge < -0.3 is 4.42 Å². The Hall–Kier alpha value is -0.520. The molecule has 20 heavy (non-hydrogen) atoms. The van der Waals surface area contributed by atoms with Gasteiger partial charge in [0.2, 0.25) is 5.09 Å². The summed E-state index contributed by atoms with van der Waals surface area (Å²) in [5.74, 6) is 1.33. The van der Waals surface area contributed by atoms with Crippen LogP contribution in [0.2, 0.25) is 0 Å². The van der Waals surface area contributed by atoms with Crippen LogP contribution in [-0.2, 0) is 15.9 Å². The molecule has 0 saturated carbocycles. The summed E-state index contributed by atoms with van der Waals surface area (Å²) in [4.78, 5) is 0. The molecule has 2 heterocycles. The van der Waals surface area contributed by atoms with Gasteiger partial charge in [-0.25, -0.2) is 8.42 Å². The summed E-state index contributed by atoms with van der Waals surface area (Å²) >= 11 is 5.65. The quantitative estimate of drug-likeness (QED) is 0.779. The Morgan fingerprint density at radius 2 is 2.15 bits per heavy atom. The largest absolute Gasteiger partial charge is 0.447 e. The van der Waals surface area contributed by atoms with Gasteiger partial charge in [0.25, 0.3) is 10.0 Å². The molecule has 4 nitrogen and oxygen atoms in total. The molecule has 0 radical (unpaired) electrons. The molecule has 0 aromatic carbocycles. The zero-order valence-electron chi connectivity index (χ0n) is 11.8. The van der Waals surface area contributed by atoms with E-state index in [2.05, 4.69) is 6.92 Å². The molecule has 114 valence electrons. The maximum absolute atomic E-state index is 12.5. The summed E-state index contributed by atoms with van der Waals surface area (Å²) in [7, 11) is -3.50. The third-order valence-corrected chi connectivity index (χ3v) is 5.90. The molecule has 1 aromatic heterocycles. The molecule has 1 aliphatic heterocycles. The van der Waals surface area contributed by atoms with E-state index in [1.54, 1.807) is 10.4 Å². The molecule has 1 aliphatic rings. The second kappa shape index (κ2) is 6.96. The fraction of sp³-hybridized carbons (Fsp3) is 0.714. The number of halogens is 1. The fourth-order valence-electron chi connectivity index (χ4n) is 2.77. The lowest BCUT2D eigenvalue weighted by Crippen LogP contribution is -2.31. The lowest BCUT2D eigenvalue weighted by molar-refractivity contribution is 0.370. The molecular weight excluding hydrogens is 298 g/mol. The van der Waals surface area contributed by atoms with Crippen LogP contribution in [0.15, 0.2) is 21.6 Å². The van der Waals surface area contributed by atoms with Crippen molar-refractivity contribution < 1.29 is 12.8 Å². The van der Waals surface area contributed by atoms with E-state index in [1.165, 1.54) is 12.5 Å².